The minimum atomic E-state index is -3.66. The summed E-state index contributed by atoms with van der Waals surface area (Å²) in [6.07, 6.45) is -0.751. The Bertz CT molecular complexity index is 944. The molecule has 0 bridgehead atoms. The van der Waals surface area contributed by atoms with Gasteiger partial charge in [-0.15, -0.1) is 0 Å². The van der Waals surface area contributed by atoms with Gasteiger partial charge in [-0.2, -0.15) is 4.31 Å². The summed E-state index contributed by atoms with van der Waals surface area (Å²) in [7, 11) is -3.66. The molecule has 1 atom stereocenters. The number of carbonyl (C=O) groups excluding carboxylic acids is 1. The average Bonchev–Trinajstić information content (AvgIpc) is 2.74. The van der Waals surface area contributed by atoms with Crippen molar-refractivity contribution >= 4 is 27.5 Å². The van der Waals surface area contributed by atoms with Crippen molar-refractivity contribution in [3.05, 3.63) is 59.1 Å². The molecule has 29 heavy (non-hydrogen) atoms. The van der Waals surface area contributed by atoms with Crippen molar-refractivity contribution in [3.8, 4) is 5.75 Å². The molecule has 9 heteroatoms. The van der Waals surface area contributed by atoms with E-state index in [1.165, 1.54) is 4.31 Å². The highest BCUT2D eigenvalue weighted by atomic mass is 35.5. The molecule has 1 unspecified atom stereocenters. The Hall–Kier alpha value is -2.13. The van der Waals surface area contributed by atoms with Crippen LogP contribution in [0.2, 0.25) is 5.02 Å². The van der Waals surface area contributed by atoms with Crippen LogP contribution in [-0.4, -0.2) is 51.0 Å². The molecule has 7 nitrogen and oxygen atoms in total. The summed E-state index contributed by atoms with van der Waals surface area (Å²) in [5.74, 6) is 0.172. The minimum Gasteiger partial charge on any atom is -0.481 e. The molecule has 2 aromatic rings. The first-order valence-electron chi connectivity index (χ1n) is 9.23. The van der Waals surface area contributed by atoms with E-state index in [-0.39, 0.29) is 17.3 Å². The van der Waals surface area contributed by atoms with Gasteiger partial charge in [0.05, 0.1) is 18.1 Å². The van der Waals surface area contributed by atoms with Gasteiger partial charge in [-0.3, -0.25) is 4.79 Å². The van der Waals surface area contributed by atoms with Crippen LogP contribution >= 0.6 is 11.6 Å². The van der Waals surface area contributed by atoms with Crippen LogP contribution in [0.4, 0.5) is 0 Å². The number of halogens is 1. The van der Waals surface area contributed by atoms with Gasteiger partial charge in [0.15, 0.2) is 6.10 Å². The summed E-state index contributed by atoms with van der Waals surface area (Å²) in [5, 5.41) is 3.32. The lowest BCUT2D eigenvalue weighted by Crippen LogP contribution is -2.41. The first kappa shape index (κ1) is 21.6. The Balaban J connectivity index is 1.66. The Morgan fingerprint density at radius 2 is 1.83 bits per heavy atom. The van der Waals surface area contributed by atoms with E-state index < -0.39 is 16.1 Å². The van der Waals surface area contributed by atoms with Crippen LogP contribution in [0.3, 0.4) is 0 Å². The third kappa shape index (κ3) is 5.48. The van der Waals surface area contributed by atoms with Crippen molar-refractivity contribution in [1.29, 1.82) is 0 Å². The molecule has 1 heterocycles. The predicted molar refractivity (Wildman–Crippen MR) is 109 cm³/mol. The maximum Gasteiger partial charge on any atom is 0.261 e. The number of nitrogens with one attached hydrogen (secondary N) is 1. The monoisotopic (exact) mass is 438 g/mol. The third-order valence-corrected chi connectivity index (χ3v) is 6.76. The summed E-state index contributed by atoms with van der Waals surface area (Å²) in [6.45, 7) is 3.08. The number of amides is 1. The van der Waals surface area contributed by atoms with E-state index in [1.54, 1.807) is 55.5 Å². The highest BCUT2D eigenvalue weighted by Gasteiger charge is 2.28. The lowest BCUT2D eigenvalue weighted by Gasteiger charge is -2.27. The Morgan fingerprint density at radius 3 is 2.52 bits per heavy atom. The van der Waals surface area contributed by atoms with Crippen molar-refractivity contribution in [1.82, 2.24) is 9.62 Å². The van der Waals surface area contributed by atoms with Crippen molar-refractivity contribution in [2.24, 2.45) is 0 Å². The molecule has 1 N–H and O–H groups in total. The molecule has 1 aliphatic heterocycles. The molecule has 0 aromatic heterocycles. The summed E-state index contributed by atoms with van der Waals surface area (Å²) >= 11 is 5.84. The molecule has 156 valence electrons. The number of sulfonamides is 1. The number of hydrogen-bond acceptors (Lipinski definition) is 5. The standard InChI is InChI=1S/C20H23ClN2O5S/c1-15(28-18-8-6-17(21)7-9-18)20(24)22-14-16-4-2-3-5-19(16)29(25,26)23-10-12-27-13-11-23/h2-9,15H,10-14H2,1H3,(H,22,24). The van der Waals surface area contributed by atoms with E-state index in [0.717, 1.165) is 0 Å². The molecule has 0 spiro atoms. The van der Waals surface area contributed by atoms with E-state index in [0.29, 0.717) is 42.6 Å². The fourth-order valence-electron chi connectivity index (χ4n) is 2.92. The second-order valence-electron chi connectivity index (χ2n) is 6.56. The topological polar surface area (TPSA) is 84.9 Å². The van der Waals surface area contributed by atoms with Crippen LogP contribution in [0.25, 0.3) is 0 Å². The van der Waals surface area contributed by atoms with Crippen molar-refractivity contribution in [2.75, 3.05) is 26.3 Å². The molecule has 2 aromatic carbocycles. The molecule has 0 saturated carbocycles. The van der Waals surface area contributed by atoms with Gasteiger partial charge in [0.2, 0.25) is 10.0 Å². The van der Waals surface area contributed by atoms with Gasteiger partial charge < -0.3 is 14.8 Å². The lowest BCUT2D eigenvalue weighted by molar-refractivity contribution is -0.127. The lowest BCUT2D eigenvalue weighted by atomic mass is 10.2. The maximum absolute atomic E-state index is 13.0. The fourth-order valence-corrected chi connectivity index (χ4v) is 4.68. The SMILES string of the molecule is CC(Oc1ccc(Cl)cc1)C(=O)NCc1ccccc1S(=O)(=O)N1CCOCC1. The Kier molecular flexibility index (Phi) is 7.13. The molecule has 1 saturated heterocycles. The number of hydrogen-bond donors (Lipinski definition) is 1. The van der Waals surface area contributed by atoms with Gasteiger partial charge >= 0.3 is 0 Å². The highest BCUT2D eigenvalue weighted by Crippen LogP contribution is 2.21. The van der Waals surface area contributed by atoms with E-state index >= 15 is 0 Å². The van der Waals surface area contributed by atoms with Crippen molar-refractivity contribution < 1.29 is 22.7 Å². The van der Waals surface area contributed by atoms with Crippen molar-refractivity contribution in [3.63, 3.8) is 0 Å². The number of carbonyl (C=O) groups is 1. The van der Waals surface area contributed by atoms with E-state index in [4.69, 9.17) is 21.1 Å². The molecular formula is C20H23ClN2O5S. The summed E-state index contributed by atoms with van der Waals surface area (Å²) in [4.78, 5) is 12.6. The molecule has 3 rings (SSSR count). The summed E-state index contributed by atoms with van der Waals surface area (Å²) < 4.78 is 38.2. The quantitative estimate of drug-likeness (QED) is 0.717. The van der Waals surface area contributed by atoms with Crippen LogP contribution in [0.1, 0.15) is 12.5 Å². The normalized spacial score (nSPS) is 16.2. The molecule has 0 aliphatic carbocycles. The maximum atomic E-state index is 13.0. The van der Waals surface area contributed by atoms with Gasteiger partial charge in [0.1, 0.15) is 5.75 Å². The summed E-state index contributed by atoms with van der Waals surface area (Å²) in [6, 6.07) is 13.4. The van der Waals surface area contributed by atoms with E-state index in [9.17, 15) is 13.2 Å². The summed E-state index contributed by atoms with van der Waals surface area (Å²) in [5.41, 5.74) is 0.519. The number of benzene rings is 2. The van der Waals surface area contributed by atoms with Gasteiger partial charge in [0, 0.05) is 24.7 Å². The smallest absolute Gasteiger partial charge is 0.261 e. The number of ether oxygens (including phenoxy) is 2. The molecule has 0 radical (unpaired) electrons. The number of nitrogens with zero attached hydrogens (tertiary/aromatic N) is 1. The van der Waals surface area contributed by atoms with Crippen LogP contribution < -0.4 is 10.1 Å². The first-order chi connectivity index (χ1) is 13.9. The zero-order valence-electron chi connectivity index (χ0n) is 16.0. The van der Waals surface area contributed by atoms with Gasteiger partial charge in [-0.25, -0.2) is 8.42 Å². The zero-order valence-corrected chi connectivity index (χ0v) is 17.6. The van der Waals surface area contributed by atoms with Gasteiger partial charge in [0.25, 0.3) is 5.91 Å². The predicted octanol–water partition coefficient (Wildman–Crippen LogP) is 2.44. The molecular weight excluding hydrogens is 416 g/mol. The third-order valence-electron chi connectivity index (χ3n) is 4.51. The molecule has 1 amide bonds. The van der Waals surface area contributed by atoms with Gasteiger partial charge in [-0.05, 0) is 42.8 Å². The van der Waals surface area contributed by atoms with Crippen LogP contribution in [-0.2, 0) is 26.1 Å². The average molecular weight is 439 g/mol. The molecule has 1 aliphatic rings. The Morgan fingerprint density at radius 1 is 1.17 bits per heavy atom. The molecule has 1 fully saturated rings. The second-order valence-corrected chi connectivity index (χ2v) is 8.90. The van der Waals surface area contributed by atoms with E-state index in [1.807, 2.05) is 0 Å². The first-order valence-corrected chi connectivity index (χ1v) is 11.1. The number of rotatable bonds is 7. The zero-order chi connectivity index (χ0) is 20.9. The minimum absolute atomic E-state index is 0.0763. The van der Waals surface area contributed by atoms with E-state index in [2.05, 4.69) is 5.32 Å². The largest absolute Gasteiger partial charge is 0.481 e. The van der Waals surface area contributed by atoms with Crippen LogP contribution in [0.5, 0.6) is 5.75 Å². The highest BCUT2D eigenvalue weighted by molar-refractivity contribution is 7.89. The Labute approximate surface area is 175 Å². The van der Waals surface area contributed by atoms with Crippen LogP contribution in [0, 0.1) is 0 Å². The van der Waals surface area contributed by atoms with Gasteiger partial charge in [-0.1, -0.05) is 29.8 Å². The van der Waals surface area contributed by atoms with Crippen LogP contribution in [0.15, 0.2) is 53.4 Å². The second kappa shape index (κ2) is 9.58. The fraction of sp³-hybridized carbons (Fsp3) is 0.350. The van der Waals surface area contributed by atoms with Crippen molar-refractivity contribution in [2.45, 2.75) is 24.5 Å². The number of morpholine rings is 1.